The first-order chi connectivity index (χ1) is 17.8. The van der Waals surface area contributed by atoms with Gasteiger partial charge in [0.2, 0.25) is 5.76 Å². The zero-order valence-electron chi connectivity index (χ0n) is 21.5. The summed E-state index contributed by atoms with van der Waals surface area (Å²) in [6.45, 7) is 6.69. The second-order valence-electron chi connectivity index (χ2n) is 9.38. The standard InChI is InChI=1S/C29H28F3NO3S2/c1-19-14-20(2)28(21(3)15-19)37-33(18-25-12-13-27(36-25)29(30,31)32)17-22-8-10-23(11-9-22)24-6-5-7-26(16-24)38(4,34)35/h5-16H,17-18H2,1-4H3. The molecular weight excluding hydrogens is 531 g/mol. The Kier molecular flexibility index (Phi) is 8.11. The van der Waals surface area contributed by atoms with Crippen LogP contribution in [0.1, 0.15) is 33.8 Å². The molecule has 4 aromatic rings. The van der Waals surface area contributed by atoms with Gasteiger partial charge in [-0.3, -0.25) is 0 Å². The molecule has 4 nitrogen and oxygen atoms in total. The van der Waals surface area contributed by atoms with E-state index in [0.29, 0.717) is 6.54 Å². The van der Waals surface area contributed by atoms with Crippen molar-refractivity contribution in [2.75, 3.05) is 6.26 Å². The molecule has 0 radical (unpaired) electrons. The lowest BCUT2D eigenvalue weighted by molar-refractivity contribution is -0.153. The first-order valence-electron chi connectivity index (χ1n) is 11.9. The van der Waals surface area contributed by atoms with E-state index in [1.165, 1.54) is 24.3 Å². The molecule has 4 rings (SSSR count). The van der Waals surface area contributed by atoms with Crippen molar-refractivity contribution in [2.24, 2.45) is 0 Å². The van der Waals surface area contributed by atoms with Crippen LogP contribution in [0.25, 0.3) is 11.1 Å². The van der Waals surface area contributed by atoms with Crippen molar-refractivity contribution in [1.29, 1.82) is 0 Å². The Hall–Kier alpha value is -3.01. The van der Waals surface area contributed by atoms with Gasteiger partial charge in [0, 0.05) is 17.7 Å². The predicted octanol–water partition coefficient (Wildman–Crippen LogP) is 8.00. The third kappa shape index (κ3) is 6.89. The van der Waals surface area contributed by atoms with Gasteiger partial charge < -0.3 is 4.42 Å². The molecule has 0 fully saturated rings. The molecule has 0 aliphatic rings. The number of nitrogens with zero attached hydrogens (tertiary/aromatic N) is 1. The monoisotopic (exact) mass is 559 g/mol. The summed E-state index contributed by atoms with van der Waals surface area (Å²) >= 11 is 1.49. The van der Waals surface area contributed by atoms with Crippen molar-refractivity contribution in [3.63, 3.8) is 0 Å². The summed E-state index contributed by atoms with van der Waals surface area (Å²) in [6, 6.07) is 21.0. The average Bonchev–Trinajstić information content (AvgIpc) is 3.30. The summed E-state index contributed by atoms with van der Waals surface area (Å²) in [7, 11) is -3.32. The second kappa shape index (κ2) is 11.0. The normalized spacial score (nSPS) is 12.3. The van der Waals surface area contributed by atoms with Crippen LogP contribution in [-0.4, -0.2) is 19.0 Å². The topological polar surface area (TPSA) is 50.5 Å². The maximum absolute atomic E-state index is 13.1. The van der Waals surface area contributed by atoms with Crippen molar-refractivity contribution >= 4 is 21.8 Å². The molecule has 0 unspecified atom stereocenters. The van der Waals surface area contributed by atoms with E-state index in [0.717, 1.165) is 44.3 Å². The van der Waals surface area contributed by atoms with Gasteiger partial charge in [0.05, 0.1) is 11.4 Å². The minimum absolute atomic E-state index is 0.172. The van der Waals surface area contributed by atoms with Crippen molar-refractivity contribution in [3.8, 4) is 11.1 Å². The van der Waals surface area contributed by atoms with Crippen LogP contribution in [0.4, 0.5) is 13.2 Å². The van der Waals surface area contributed by atoms with Gasteiger partial charge in [-0.05, 0) is 84.8 Å². The van der Waals surface area contributed by atoms with Crippen molar-refractivity contribution < 1.29 is 26.0 Å². The number of alkyl halides is 3. The van der Waals surface area contributed by atoms with Crippen LogP contribution in [-0.2, 0) is 29.1 Å². The molecule has 9 heteroatoms. The Morgan fingerprint density at radius 1 is 0.842 bits per heavy atom. The van der Waals surface area contributed by atoms with E-state index >= 15 is 0 Å². The first kappa shape index (κ1) is 28.0. The molecule has 0 saturated heterocycles. The fourth-order valence-corrected chi connectivity index (χ4v) is 6.00. The van der Waals surface area contributed by atoms with E-state index in [-0.39, 0.29) is 17.2 Å². The lowest BCUT2D eigenvalue weighted by atomic mass is 10.0. The molecule has 200 valence electrons. The quantitative estimate of drug-likeness (QED) is 0.205. The van der Waals surface area contributed by atoms with Gasteiger partial charge in [0.15, 0.2) is 9.84 Å². The number of hydrogen-bond donors (Lipinski definition) is 0. The molecule has 0 spiro atoms. The van der Waals surface area contributed by atoms with E-state index in [4.69, 9.17) is 4.42 Å². The maximum Gasteiger partial charge on any atom is 0.449 e. The highest BCUT2D eigenvalue weighted by Gasteiger charge is 2.35. The summed E-state index contributed by atoms with van der Waals surface area (Å²) in [6.07, 6.45) is -3.36. The SMILES string of the molecule is Cc1cc(C)c(SN(Cc2ccc(-c3cccc(S(C)(=O)=O)c3)cc2)Cc2ccc(C(F)(F)F)o2)c(C)c1. The summed E-state index contributed by atoms with van der Waals surface area (Å²) in [4.78, 5) is 1.30. The van der Waals surface area contributed by atoms with Crippen LogP contribution in [0.2, 0.25) is 0 Å². The van der Waals surface area contributed by atoms with Crippen molar-refractivity contribution in [3.05, 3.63) is 107 Å². The number of rotatable bonds is 8. The number of halogens is 3. The van der Waals surface area contributed by atoms with Crippen LogP contribution >= 0.6 is 11.9 Å². The number of furan rings is 1. The summed E-state index contributed by atoms with van der Waals surface area (Å²) < 4.78 is 70.3. The molecule has 0 aliphatic heterocycles. The number of benzene rings is 3. The Morgan fingerprint density at radius 2 is 1.50 bits per heavy atom. The van der Waals surface area contributed by atoms with E-state index in [1.54, 1.807) is 18.2 Å². The summed E-state index contributed by atoms with van der Waals surface area (Å²) in [5, 5.41) is 0. The molecule has 0 N–H and O–H groups in total. The molecule has 3 aromatic carbocycles. The van der Waals surface area contributed by atoms with E-state index in [2.05, 4.69) is 12.1 Å². The zero-order chi connectivity index (χ0) is 27.7. The van der Waals surface area contributed by atoms with Crippen LogP contribution in [0.3, 0.4) is 0 Å². The van der Waals surface area contributed by atoms with E-state index in [9.17, 15) is 21.6 Å². The molecule has 0 bridgehead atoms. The van der Waals surface area contributed by atoms with E-state index < -0.39 is 21.8 Å². The van der Waals surface area contributed by atoms with Crippen LogP contribution in [0.5, 0.6) is 0 Å². The smallest absolute Gasteiger partial charge is 0.449 e. The Bertz CT molecular complexity index is 1520. The highest BCUT2D eigenvalue weighted by molar-refractivity contribution is 7.97. The molecule has 0 saturated carbocycles. The number of aryl methyl sites for hydroxylation is 3. The van der Waals surface area contributed by atoms with Gasteiger partial charge in [0.25, 0.3) is 0 Å². The lowest BCUT2D eigenvalue weighted by Gasteiger charge is -2.23. The molecule has 38 heavy (non-hydrogen) atoms. The molecule has 0 amide bonds. The summed E-state index contributed by atoms with van der Waals surface area (Å²) in [5.74, 6) is -0.790. The molecule has 0 aliphatic carbocycles. The third-order valence-electron chi connectivity index (χ3n) is 6.01. The second-order valence-corrected chi connectivity index (χ2v) is 12.5. The third-order valence-corrected chi connectivity index (χ3v) is 8.46. The average molecular weight is 560 g/mol. The first-order valence-corrected chi connectivity index (χ1v) is 14.5. The van der Waals surface area contributed by atoms with Gasteiger partial charge in [-0.15, -0.1) is 0 Å². The van der Waals surface area contributed by atoms with Crippen LogP contribution < -0.4 is 0 Å². The van der Waals surface area contributed by atoms with E-state index in [1.807, 2.05) is 55.4 Å². The van der Waals surface area contributed by atoms with Gasteiger partial charge in [-0.2, -0.15) is 13.2 Å². The summed E-state index contributed by atoms with van der Waals surface area (Å²) in [5.41, 5.74) is 5.93. The Labute approximate surface area is 225 Å². The van der Waals surface area contributed by atoms with Gasteiger partial charge >= 0.3 is 6.18 Å². The molecular formula is C29H28F3NO3S2. The number of hydrogen-bond acceptors (Lipinski definition) is 5. The molecule has 1 heterocycles. The molecule has 1 aromatic heterocycles. The fraction of sp³-hybridized carbons (Fsp3) is 0.241. The van der Waals surface area contributed by atoms with Crippen molar-refractivity contribution in [2.45, 2.75) is 49.8 Å². The van der Waals surface area contributed by atoms with Crippen LogP contribution in [0, 0.1) is 20.8 Å². The molecule has 0 atom stereocenters. The minimum Gasteiger partial charge on any atom is -0.455 e. The van der Waals surface area contributed by atoms with Crippen LogP contribution in [0.15, 0.2) is 87.0 Å². The van der Waals surface area contributed by atoms with Crippen molar-refractivity contribution in [1.82, 2.24) is 4.31 Å². The number of sulfone groups is 1. The largest absolute Gasteiger partial charge is 0.455 e. The predicted molar refractivity (Wildman–Crippen MR) is 144 cm³/mol. The van der Waals surface area contributed by atoms with Gasteiger partial charge in [-0.1, -0.05) is 54.1 Å². The zero-order valence-corrected chi connectivity index (χ0v) is 23.1. The van der Waals surface area contributed by atoms with Gasteiger partial charge in [-0.25, -0.2) is 12.7 Å². The lowest BCUT2D eigenvalue weighted by Crippen LogP contribution is -2.15. The maximum atomic E-state index is 13.1. The highest BCUT2D eigenvalue weighted by atomic mass is 32.2. The Balaban J connectivity index is 1.60. The van der Waals surface area contributed by atoms with Gasteiger partial charge in [0.1, 0.15) is 5.76 Å². The highest BCUT2D eigenvalue weighted by Crippen LogP contribution is 2.35. The minimum atomic E-state index is -4.54. The fourth-order valence-electron chi connectivity index (χ4n) is 4.26. The Morgan fingerprint density at radius 3 is 2.08 bits per heavy atom.